The zero-order chi connectivity index (χ0) is 19.1. The number of carbonyl (C=O) groups excluding carboxylic acids is 2. The van der Waals surface area contributed by atoms with Crippen molar-refractivity contribution in [1.29, 1.82) is 0 Å². The first kappa shape index (κ1) is 16.9. The van der Waals surface area contributed by atoms with Crippen LogP contribution in [-0.4, -0.2) is 52.4 Å². The van der Waals surface area contributed by atoms with E-state index in [1.54, 1.807) is 0 Å². The fraction of sp³-hybridized carbons (Fsp3) is 0.900. The molecule has 4 saturated heterocycles. The minimum absolute atomic E-state index is 0.169. The van der Waals surface area contributed by atoms with Crippen LogP contribution in [0.15, 0.2) is 0 Å². The second-order valence-corrected chi connectivity index (χ2v) is 10.4. The molecule has 6 bridgehead atoms. The largest absolute Gasteiger partial charge is 0.461 e. The van der Waals surface area contributed by atoms with E-state index >= 15 is 0 Å². The number of ether oxygens (including phenoxy) is 3. The maximum absolute atomic E-state index is 13.4. The molecular weight excluding hydrogens is 352 g/mol. The van der Waals surface area contributed by atoms with Crippen molar-refractivity contribution >= 4 is 11.8 Å². The monoisotopic (exact) mass is 378 g/mol. The number of aliphatic hydroxyl groups excluding tert-OH is 1. The summed E-state index contributed by atoms with van der Waals surface area (Å²) >= 11 is 0. The fourth-order valence-corrected chi connectivity index (χ4v) is 8.11. The predicted octanol–water partition coefficient (Wildman–Crippen LogP) is 0.754. The van der Waals surface area contributed by atoms with Gasteiger partial charge in [0.1, 0.15) is 17.1 Å². The molecule has 10 atom stereocenters. The Morgan fingerprint density at radius 3 is 2.56 bits per heavy atom. The average molecular weight is 378 g/mol. The van der Waals surface area contributed by atoms with Crippen LogP contribution in [0.1, 0.15) is 46.5 Å². The molecule has 7 fully saturated rings. The number of carbonyl (C=O) groups is 2. The van der Waals surface area contributed by atoms with Crippen molar-refractivity contribution in [2.75, 3.05) is 0 Å². The lowest BCUT2D eigenvalue weighted by Gasteiger charge is -2.67. The fourth-order valence-electron chi connectivity index (χ4n) is 8.11. The molecule has 7 heteroatoms. The predicted molar refractivity (Wildman–Crippen MR) is 88.8 cm³/mol. The van der Waals surface area contributed by atoms with Gasteiger partial charge in [-0.15, -0.1) is 0 Å². The molecule has 4 aliphatic heterocycles. The van der Waals surface area contributed by atoms with E-state index in [4.69, 9.17) is 14.2 Å². The zero-order valence-electron chi connectivity index (χ0n) is 15.8. The summed E-state index contributed by atoms with van der Waals surface area (Å²) in [4.78, 5) is 26.6. The molecule has 4 heterocycles. The lowest BCUT2D eigenvalue weighted by Crippen LogP contribution is -2.76. The van der Waals surface area contributed by atoms with Gasteiger partial charge in [-0.3, -0.25) is 9.59 Å². The quantitative estimate of drug-likeness (QED) is 0.474. The van der Waals surface area contributed by atoms with Crippen molar-refractivity contribution < 1.29 is 34.0 Å². The minimum Gasteiger partial charge on any atom is -0.461 e. The Morgan fingerprint density at radius 1 is 1.07 bits per heavy atom. The van der Waals surface area contributed by atoms with Crippen molar-refractivity contribution in [3.05, 3.63) is 0 Å². The highest BCUT2D eigenvalue weighted by atomic mass is 16.7. The van der Waals surface area contributed by atoms with Crippen molar-refractivity contribution in [2.45, 2.75) is 76.8 Å². The van der Waals surface area contributed by atoms with Gasteiger partial charge in [-0.25, -0.2) is 0 Å². The van der Waals surface area contributed by atoms with Crippen LogP contribution in [-0.2, 0) is 23.8 Å². The van der Waals surface area contributed by atoms with Gasteiger partial charge in [-0.1, -0.05) is 13.8 Å². The number of hydrogen-bond donors (Lipinski definition) is 2. The highest BCUT2D eigenvalue weighted by molar-refractivity contribution is 6.10. The smallest absolute Gasteiger partial charge is 0.320 e. The van der Waals surface area contributed by atoms with Crippen molar-refractivity contribution in [3.63, 3.8) is 0 Å². The van der Waals surface area contributed by atoms with Crippen LogP contribution in [0.5, 0.6) is 0 Å². The van der Waals surface area contributed by atoms with Gasteiger partial charge in [-0.2, -0.15) is 0 Å². The standard InChI is InChI=1S/C20H26O7/c1-17(2)10-6-11-20(12(17)13(21)27-16(20)26-10)9-5-4-8-7-19(9,15(23)25-11)14(22)18(8,3)24/h8-13,16,21,24H,4-7H2,1-3H3/t8-,9-,10?,11+,12-,13+,16?,18+,19+,20+/m1/s1. The first-order chi connectivity index (χ1) is 12.6. The van der Waals surface area contributed by atoms with Crippen molar-refractivity contribution in [3.8, 4) is 0 Å². The Bertz CT molecular complexity index is 774. The van der Waals surface area contributed by atoms with E-state index in [1.165, 1.54) is 6.92 Å². The Hall–Kier alpha value is -1.02. The molecule has 3 aliphatic carbocycles. The van der Waals surface area contributed by atoms with E-state index in [-0.39, 0.29) is 29.3 Å². The molecule has 0 aromatic rings. The van der Waals surface area contributed by atoms with Crippen LogP contribution in [0, 0.1) is 34.0 Å². The molecule has 0 aromatic heterocycles. The maximum Gasteiger partial charge on any atom is 0.320 e. The summed E-state index contributed by atoms with van der Waals surface area (Å²) < 4.78 is 18.1. The third kappa shape index (κ3) is 1.46. The van der Waals surface area contributed by atoms with Gasteiger partial charge in [-0.05, 0) is 43.4 Å². The van der Waals surface area contributed by atoms with Crippen molar-refractivity contribution in [1.82, 2.24) is 0 Å². The van der Waals surface area contributed by atoms with E-state index in [9.17, 15) is 19.8 Å². The first-order valence-electron chi connectivity index (χ1n) is 10.1. The Morgan fingerprint density at radius 2 is 1.81 bits per heavy atom. The molecule has 27 heavy (non-hydrogen) atoms. The van der Waals surface area contributed by atoms with Crippen LogP contribution in [0.4, 0.5) is 0 Å². The molecule has 2 N–H and O–H groups in total. The number of Topliss-reactive ketones (excluding diaryl/α,β-unsaturated/α-hetero) is 1. The van der Waals surface area contributed by atoms with Crippen LogP contribution < -0.4 is 0 Å². The SMILES string of the molecule is CC1(C)C2C[C@@H]3OC(=O)[C@@]45C[C@@H](CC[C@H]4[C@]34C(O2)O[C@H](O)[C@H]14)[C@](C)(O)C5=O. The van der Waals surface area contributed by atoms with Crippen LogP contribution >= 0.6 is 0 Å². The molecule has 7 nitrogen and oxygen atoms in total. The lowest BCUT2D eigenvalue weighted by atomic mass is 9.42. The summed E-state index contributed by atoms with van der Waals surface area (Å²) in [6.45, 7) is 5.66. The van der Waals surface area contributed by atoms with E-state index in [2.05, 4.69) is 13.8 Å². The van der Waals surface area contributed by atoms with E-state index in [0.717, 1.165) is 0 Å². The number of fused-ring (bicyclic) bond motifs is 1. The molecule has 7 rings (SSSR count). The summed E-state index contributed by atoms with van der Waals surface area (Å²) in [5, 5.41) is 21.7. The molecule has 0 amide bonds. The third-order valence-corrected chi connectivity index (χ3v) is 9.24. The Labute approximate surface area is 157 Å². The zero-order valence-corrected chi connectivity index (χ0v) is 15.8. The minimum atomic E-state index is -1.52. The number of esters is 1. The second kappa shape index (κ2) is 4.42. The summed E-state index contributed by atoms with van der Waals surface area (Å²) in [6, 6.07) is 0. The molecule has 0 aromatic carbocycles. The number of rotatable bonds is 0. The van der Waals surface area contributed by atoms with Gasteiger partial charge >= 0.3 is 5.97 Å². The molecule has 148 valence electrons. The normalized spacial score (nSPS) is 62.2. The highest BCUT2D eigenvalue weighted by Gasteiger charge is 2.85. The number of aliphatic hydroxyl groups is 2. The van der Waals surface area contributed by atoms with E-state index in [0.29, 0.717) is 25.7 Å². The second-order valence-electron chi connectivity index (χ2n) is 10.4. The van der Waals surface area contributed by atoms with E-state index < -0.39 is 46.9 Å². The van der Waals surface area contributed by atoms with Gasteiger partial charge in [0, 0.05) is 12.3 Å². The van der Waals surface area contributed by atoms with Gasteiger partial charge in [0.15, 0.2) is 18.4 Å². The maximum atomic E-state index is 13.4. The topological polar surface area (TPSA) is 102 Å². The van der Waals surface area contributed by atoms with Crippen LogP contribution in [0.3, 0.4) is 0 Å². The number of hydrogen-bond acceptors (Lipinski definition) is 7. The molecule has 2 spiro atoms. The Balaban J connectivity index is 1.60. The summed E-state index contributed by atoms with van der Waals surface area (Å²) in [5.74, 6) is -1.77. The lowest BCUT2D eigenvalue weighted by molar-refractivity contribution is -0.353. The van der Waals surface area contributed by atoms with Gasteiger partial charge in [0.25, 0.3) is 0 Å². The van der Waals surface area contributed by atoms with Gasteiger partial charge in [0.05, 0.1) is 11.5 Å². The number of ketones is 1. The van der Waals surface area contributed by atoms with E-state index in [1.807, 2.05) is 0 Å². The van der Waals surface area contributed by atoms with Gasteiger partial charge in [0.2, 0.25) is 0 Å². The highest BCUT2D eigenvalue weighted by Crippen LogP contribution is 2.75. The van der Waals surface area contributed by atoms with Crippen molar-refractivity contribution in [2.24, 2.45) is 34.0 Å². The van der Waals surface area contributed by atoms with Crippen LogP contribution in [0.2, 0.25) is 0 Å². The molecule has 2 unspecified atom stereocenters. The summed E-state index contributed by atoms with van der Waals surface area (Å²) in [6.07, 6.45) is -0.108. The average Bonchev–Trinajstić information content (AvgIpc) is 2.94. The summed E-state index contributed by atoms with van der Waals surface area (Å²) in [5.41, 5.74) is -3.98. The summed E-state index contributed by atoms with van der Waals surface area (Å²) in [7, 11) is 0. The molecule has 0 radical (unpaired) electrons. The van der Waals surface area contributed by atoms with Crippen LogP contribution in [0.25, 0.3) is 0 Å². The Kier molecular flexibility index (Phi) is 2.77. The van der Waals surface area contributed by atoms with Gasteiger partial charge < -0.3 is 24.4 Å². The molecular formula is C20H26O7. The first-order valence-corrected chi connectivity index (χ1v) is 10.1. The molecule has 3 saturated carbocycles. The molecule has 7 aliphatic rings. The third-order valence-electron chi connectivity index (χ3n) is 9.24.